The van der Waals surface area contributed by atoms with Gasteiger partial charge < -0.3 is 0 Å². The summed E-state index contributed by atoms with van der Waals surface area (Å²) in [7, 11) is 0. The first kappa shape index (κ1) is 19.2. The number of rotatable bonds is 0. The standard InChI is InChI=1S/C16H14.2C2H6.CH4/c1-11-13-7-3-5-9-15(13)12(2)16-10-6-4-8-14(11)16;2*1-2;/h3-10H,1-2H3;2*1-2H3;1H4. The van der Waals surface area contributed by atoms with Crippen molar-refractivity contribution >= 4 is 21.5 Å². The smallest absolute Gasteiger partial charge is 0.0146 e. The van der Waals surface area contributed by atoms with E-state index in [0.717, 1.165) is 0 Å². The van der Waals surface area contributed by atoms with Gasteiger partial charge in [-0.15, -0.1) is 0 Å². The molecule has 3 rings (SSSR count). The van der Waals surface area contributed by atoms with Crippen molar-refractivity contribution in [3.05, 3.63) is 59.7 Å². The van der Waals surface area contributed by atoms with Crippen LogP contribution in [0.4, 0.5) is 0 Å². The summed E-state index contributed by atoms with van der Waals surface area (Å²) in [6, 6.07) is 17.3. The van der Waals surface area contributed by atoms with Crippen LogP contribution in [0.3, 0.4) is 0 Å². The second-order valence-corrected chi connectivity index (χ2v) is 4.34. The van der Waals surface area contributed by atoms with Gasteiger partial charge in [-0.25, -0.2) is 0 Å². The molecule has 114 valence electrons. The van der Waals surface area contributed by atoms with Crippen molar-refractivity contribution in [3.63, 3.8) is 0 Å². The number of fused-ring (bicyclic) bond motifs is 2. The second kappa shape index (κ2) is 9.18. The normalized spacial score (nSPS) is 9.05. The van der Waals surface area contributed by atoms with Gasteiger partial charge in [0.15, 0.2) is 0 Å². The van der Waals surface area contributed by atoms with E-state index in [9.17, 15) is 0 Å². The highest BCUT2D eigenvalue weighted by Gasteiger charge is 2.06. The van der Waals surface area contributed by atoms with Gasteiger partial charge >= 0.3 is 0 Å². The summed E-state index contributed by atoms with van der Waals surface area (Å²) in [5.41, 5.74) is 2.77. The summed E-state index contributed by atoms with van der Waals surface area (Å²) < 4.78 is 0. The molecule has 0 fully saturated rings. The molecule has 0 aromatic heterocycles. The highest BCUT2D eigenvalue weighted by atomic mass is 14.1. The topological polar surface area (TPSA) is 0 Å². The molecule has 0 nitrogen and oxygen atoms in total. The molecule has 0 radical (unpaired) electrons. The van der Waals surface area contributed by atoms with Crippen LogP contribution in [0.25, 0.3) is 21.5 Å². The Morgan fingerprint density at radius 2 is 0.667 bits per heavy atom. The molecule has 0 saturated carbocycles. The lowest BCUT2D eigenvalue weighted by Gasteiger charge is -2.11. The highest BCUT2D eigenvalue weighted by molar-refractivity contribution is 6.05. The first-order valence-electron chi connectivity index (χ1n) is 7.65. The van der Waals surface area contributed by atoms with Gasteiger partial charge in [0.25, 0.3) is 0 Å². The average Bonchev–Trinajstić information content (AvgIpc) is 2.56. The lowest BCUT2D eigenvalue weighted by Crippen LogP contribution is -1.87. The van der Waals surface area contributed by atoms with Crippen molar-refractivity contribution in [3.8, 4) is 0 Å². The SMILES string of the molecule is C.CC.CC.Cc1c2ccccc2c(C)c2ccccc12. The lowest BCUT2D eigenvalue weighted by molar-refractivity contribution is 1.50. The molecule has 0 saturated heterocycles. The Labute approximate surface area is 130 Å². The van der Waals surface area contributed by atoms with E-state index in [1.54, 1.807) is 0 Å². The summed E-state index contributed by atoms with van der Waals surface area (Å²) in [6.45, 7) is 12.4. The molecule has 3 aromatic carbocycles. The van der Waals surface area contributed by atoms with Crippen LogP contribution in [0.5, 0.6) is 0 Å². The average molecular weight is 282 g/mol. The molecule has 3 aromatic rings. The van der Waals surface area contributed by atoms with E-state index in [0.29, 0.717) is 0 Å². The number of hydrogen-bond acceptors (Lipinski definition) is 0. The van der Waals surface area contributed by atoms with E-state index in [-0.39, 0.29) is 7.43 Å². The fourth-order valence-electron chi connectivity index (χ4n) is 2.56. The molecule has 0 atom stereocenters. The van der Waals surface area contributed by atoms with Gasteiger partial charge in [0, 0.05) is 0 Å². The van der Waals surface area contributed by atoms with Crippen LogP contribution < -0.4 is 0 Å². The van der Waals surface area contributed by atoms with Crippen LogP contribution in [-0.4, -0.2) is 0 Å². The van der Waals surface area contributed by atoms with Crippen molar-refractivity contribution in [1.82, 2.24) is 0 Å². The Kier molecular flexibility index (Phi) is 8.38. The fourth-order valence-corrected chi connectivity index (χ4v) is 2.56. The van der Waals surface area contributed by atoms with Crippen LogP contribution in [0.15, 0.2) is 48.5 Å². The third-order valence-electron chi connectivity index (χ3n) is 3.47. The van der Waals surface area contributed by atoms with E-state index >= 15 is 0 Å². The molecule has 0 heterocycles. The van der Waals surface area contributed by atoms with Gasteiger partial charge in [-0.2, -0.15) is 0 Å². The van der Waals surface area contributed by atoms with Gasteiger partial charge in [0.05, 0.1) is 0 Å². The monoisotopic (exact) mass is 282 g/mol. The van der Waals surface area contributed by atoms with Crippen LogP contribution in [0, 0.1) is 13.8 Å². The van der Waals surface area contributed by atoms with Crippen molar-refractivity contribution in [2.75, 3.05) is 0 Å². The van der Waals surface area contributed by atoms with Crippen LogP contribution >= 0.6 is 0 Å². The number of aryl methyl sites for hydroxylation is 2. The third kappa shape index (κ3) is 3.64. The summed E-state index contributed by atoms with van der Waals surface area (Å²) in [5.74, 6) is 0. The summed E-state index contributed by atoms with van der Waals surface area (Å²) >= 11 is 0. The fraction of sp³-hybridized carbons (Fsp3) is 0.333. The number of benzene rings is 3. The second-order valence-electron chi connectivity index (χ2n) is 4.34. The van der Waals surface area contributed by atoms with E-state index in [1.807, 2.05) is 27.7 Å². The predicted octanol–water partition coefficient (Wildman–Crippen LogP) is 7.30. The molecule has 0 unspecified atom stereocenters. The third-order valence-corrected chi connectivity index (χ3v) is 3.47. The van der Waals surface area contributed by atoms with E-state index in [4.69, 9.17) is 0 Å². The molecule has 0 aliphatic carbocycles. The maximum absolute atomic E-state index is 2.21. The van der Waals surface area contributed by atoms with Crippen LogP contribution in [0.1, 0.15) is 46.2 Å². The van der Waals surface area contributed by atoms with Crippen molar-refractivity contribution in [2.45, 2.75) is 49.0 Å². The quantitative estimate of drug-likeness (QED) is 0.379. The zero-order valence-electron chi connectivity index (χ0n) is 13.6. The van der Waals surface area contributed by atoms with Crippen molar-refractivity contribution in [2.24, 2.45) is 0 Å². The zero-order valence-corrected chi connectivity index (χ0v) is 13.6. The molecule has 0 aliphatic heterocycles. The number of hydrogen-bond donors (Lipinski definition) is 0. The first-order valence-corrected chi connectivity index (χ1v) is 7.65. The molecule has 0 aliphatic rings. The predicted molar refractivity (Wildman–Crippen MR) is 100 cm³/mol. The minimum absolute atomic E-state index is 0. The Hall–Kier alpha value is -1.82. The summed E-state index contributed by atoms with van der Waals surface area (Å²) in [6.07, 6.45) is 0. The van der Waals surface area contributed by atoms with Crippen molar-refractivity contribution < 1.29 is 0 Å². The maximum atomic E-state index is 2.21. The minimum Gasteiger partial charge on any atom is -0.0776 e. The summed E-state index contributed by atoms with van der Waals surface area (Å²) in [5, 5.41) is 5.50. The molecular formula is C21H30. The van der Waals surface area contributed by atoms with Gasteiger partial charge in [-0.1, -0.05) is 83.7 Å². The van der Waals surface area contributed by atoms with Crippen molar-refractivity contribution in [1.29, 1.82) is 0 Å². The first-order chi connectivity index (χ1) is 9.79. The Morgan fingerprint density at radius 3 is 0.857 bits per heavy atom. The highest BCUT2D eigenvalue weighted by Crippen LogP contribution is 2.31. The van der Waals surface area contributed by atoms with Crippen LogP contribution in [0.2, 0.25) is 0 Å². The molecule has 0 N–H and O–H groups in total. The molecular weight excluding hydrogens is 252 g/mol. The van der Waals surface area contributed by atoms with Crippen LogP contribution in [-0.2, 0) is 0 Å². The minimum atomic E-state index is 0. The lowest BCUT2D eigenvalue weighted by atomic mass is 9.93. The van der Waals surface area contributed by atoms with E-state index < -0.39 is 0 Å². The Morgan fingerprint density at radius 1 is 0.476 bits per heavy atom. The van der Waals surface area contributed by atoms with Gasteiger partial charge in [-0.3, -0.25) is 0 Å². The van der Waals surface area contributed by atoms with Gasteiger partial charge in [-0.05, 0) is 46.5 Å². The molecule has 0 bridgehead atoms. The van der Waals surface area contributed by atoms with E-state index in [1.165, 1.54) is 32.7 Å². The summed E-state index contributed by atoms with van der Waals surface area (Å²) in [4.78, 5) is 0. The Bertz CT molecular complexity index is 561. The van der Waals surface area contributed by atoms with Gasteiger partial charge in [0.2, 0.25) is 0 Å². The van der Waals surface area contributed by atoms with E-state index in [2.05, 4.69) is 62.4 Å². The zero-order chi connectivity index (χ0) is 15.1. The molecule has 0 spiro atoms. The molecule has 21 heavy (non-hydrogen) atoms. The van der Waals surface area contributed by atoms with Gasteiger partial charge in [0.1, 0.15) is 0 Å². The molecule has 0 heteroatoms. The Balaban J connectivity index is 0.000000741. The largest absolute Gasteiger partial charge is 0.0776 e. The molecule has 0 amide bonds. The maximum Gasteiger partial charge on any atom is -0.0146 e.